The second-order valence-electron chi connectivity index (χ2n) is 4.19. The Morgan fingerprint density at radius 2 is 2.00 bits per heavy atom. The van der Waals surface area contributed by atoms with Crippen molar-refractivity contribution in [2.75, 3.05) is 12.4 Å². The molecule has 0 spiro atoms. The standard InChI is InChI=1S/C15H17FN2O/c1-3-12(11-7-4-5-8-13(11)19-2)17-15-10-6-9-14(16)18-15/h4-10,12H,3H2,1-2H3,(H,17,18). The Morgan fingerprint density at radius 3 is 2.68 bits per heavy atom. The van der Waals surface area contributed by atoms with Crippen molar-refractivity contribution in [2.24, 2.45) is 0 Å². The van der Waals surface area contributed by atoms with Gasteiger partial charge >= 0.3 is 0 Å². The highest BCUT2D eigenvalue weighted by Crippen LogP contribution is 2.29. The third-order valence-electron chi connectivity index (χ3n) is 2.96. The summed E-state index contributed by atoms with van der Waals surface area (Å²) in [7, 11) is 1.64. The van der Waals surface area contributed by atoms with E-state index in [1.165, 1.54) is 6.07 Å². The van der Waals surface area contributed by atoms with Gasteiger partial charge in [0.1, 0.15) is 11.6 Å². The van der Waals surface area contributed by atoms with Crippen LogP contribution in [0.2, 0.25) is 0 Å². The van der Waals surface area contributed by atoms with E-state index >= 15 is 0 Å². The summed E-state index contributed by atoms with van der Waals surface area (Å²) >= 11 is 0. The zero-order valence-corrected chi connectivity index (χ0v) is 11.1. The molecule has 0 aliphatic heterocycles. The van der Waals surface area contributed by atoms with Gasteiger partial charge in [0.15, 0.2) is 0 Å². The number of hydrogen-bond donors (Lipinski definition) is 1. The van der Waals surface area contributed by atoms with E-state index in [0.717, 1.165) is 17.7 Å². The van der Waals surface area contributed by atoms with Gasteiger partial charge in [-0.15, -0.1) is 0 Å². The number of methoxy groups -OCH3 is 1. The third kappa shape index (κ3) is 3.22. The Labute approximate surface area is 112 Å². The molecule has 2 aromatic rings. The molecule has 1 aromatic carbocycles. The fourth-order valence-corrected chi connectivity index (χ4v) is 2.02. The number of pyridine rings is 1. The minimum atomic E-state index is -0.486. The lowest BCUT2D eigenvalue weighted by Gasteiger charge is -2.20. The van der Waals surface area contributed by atoms with Crippen LogP contribution in [-0.2, 0) is 0 Å². The third-order valence-corrected chi connectivity index (χ3v) is 2.96. The topological polar surface area (TPSA) is 34.2 Å². The van der Waals surface area contributed by atoms with Crippen molar-refractivity contribution in [1.29, 1.82) is 0 Å². The lowest BCUT2D eigenvalue weighted by atomic mass is 10.0. The molecule has 0 saturated heterocycles. The van der Waals surface area contributed by atoms with Crippen LogP contribution in [0.5, 0.6) is 5.75 Å². The Balaban J connectivity index is 2.25. The summed E-state index contributed by atoms with van der Waals surface area (Å²) in [6, 6.07) is 12.6. The normalized spacial score (nSPS) is 11.9. The first-order valence-electron chi connectivity index (χ1n) is 6.26. The molecule has 1 N–H and O–H groups in total. The van der Waals surface area contributed by atoms with Crippen LogP contribution in [0.3, 0.4) is 0 Å². The van der Waals surface area contributed by atoms with Crippen molar-refractivity contribution < 1.29 is 9.13 Å². The van der Waals surface area contributed by atoms with Crippen LogP contribution in [0.1, 0.15) is 24.9 Å². The molecule has 4 heteroatoms. The predicted octanol–water partition coefficient (Wildman–Crippen LogP) is 3.79. The van der Waals surface area contributed by atoms with Gasteiger partial charge in [-0.05, 0) is 24.6 Å². The monoisotopic (exact) mass is 260 g/mol. The number of nitrogens with one attached hydrogen (secondary N) is 1. The first-order valence-corrected chi connectivity index (χ1v) is 6.26. The maximum absolute atomic E-state index is 13.1. The van der Waals surface area contributed by atoms with Gasteiger partial charge in [0, 0.05) is 5.56 Å². The lowest BCUT2D eigenvalue weighted by molar-refractivity contribution is 0.406. The smallest absolute Gasteiger partial charge is 0.214 e. The SMILES string of the molecule is CCC(Nc1cccc(F)n1)c1ccccc1OC. The maximum atomic E-state index is 13.1. The first kappa shape index (κ1) is 13.3. The summed E-state index contributed by atoms with van der Waals surface area (Å²) < 4.78 is 18.4. The molecular formula is C15H17FN2O. The van der Waals surface area contributed by atoms with Crippen LogP contribution < -0.4 is 10.1 Å². The van der Waals surface area contributed by atoms with Crippen molar-refractivity contribution in [1.82, 2.24) is 4.98 Å². The number of anilines is 1. The van der Waals surface area contributed by atoms with Gasteiger partial charge in [-0.3, -0.25) is 0 Å². The molecule has 0 fully saturated rings. The van der Waals surface area contributed by atoms with E-state index in [9.17, 15) is 4.39 Å². The number of halogens is 1. The van der Waals surface area contributed by atoms with E-state index in [-0.39, 0.29) is 6.04 Å². The highest BCUT2D eigenvalue weighted by molar-refractivity contribution is 5.43. The molecule has 1 unspecified atom stereocenters. The van der Waals surface area contributed by atoms with Crippen molar-refractivity contribution in [3.63, 3.8) is 0 Å². The molecule has 0 amide bonds. The number of hydrogen-bond acceptors (Lipinski definition) is 3. The minimum absolute atomic E-state index is 0.0328. The van der Waals surface area contributed by atoms with Crippen molar-refractivity contribution in [3.05, 3.63) is 54.0 Å². The number of benzene rings is 1. The Bertz CT molecular complexity index is 545. The van der Waals surface area contributed by atoms with E-state index in [2.05, 4.69) is 17.2 Å². The average molecular weight is 260 g/mol. The fraction of sp³-hybridized carbons (Fsp3) is 0.267. The van der Waals surface area contributed by atoms with Gasteiger partial charge in [-0.2, -0.15) is 4.39 Å². The molecule has 1 atom stereocenters. The summed E-state index contributed by atoms with van der Waals surface area (Å²) in [5, 5.41) is 3.23. The summed E-state index contributed by atoms with van der Waals surface area (Å²) in [5.41, 5.74) is 1.04. The van der Waals surface area contributed by atoms with E-state index in [1.807, 2.05) is 24.3 Å². The van der Waals surface area contributed by atoms with Crippen LogP contribution in [-0.4, -0.2) is 12.1 Å². The molecule has 3 nitrogen and oxygen atoms in total. The Kier molecular flexibility index (Phi) is 4.34. The van der Waals surface area contributed by atoms with Crippen LogP contribution in [0.4, 0.5) is 10.2 Å². The molecule has 0 aliphatic rings. The Hall–Kier alpha value is -2.10. The van der Waals surface area contributed by atoms with E-state index < -0.39 is 5.95 Å². The highest BCUT2D eigenvalue weighted by Gasteiger charge is 2.14. The maximum Gasteiger partial charge on any atom is 0.214 e. The van der Waals surface area contributed by atoms with Gasteiger partial charge in [0.2, 0.25) is 5.95 Å². The zero-order chi connectivity index (χ0) is 13.7. The molecule has 100 valence electrons. The van der Waals surface area contributed by atoms with Gasteiger partial charge in [-0.25, -0.2) is 4.98 Å². The molecule has 0 aliphatic carbocycles. The van der Waals surface area contributed by atoms with Gasteiger partial charge in [0.25, 0.3) is 0 Å². The molecule has 0 bridgehead atoms. The first-order chi connectivity index (χ1) is 9.24. The van der Waals surface area contributed by atoms with Crippen molar-refractivity contribution in [2.45, 2.75) is 19.4 Å². The summed E-state index contributed by atoms with van der Waals surface area (Å²) in [6.45, 7) is 2.06. The van der Waals surface area contributed by atoms with Crippen LogP contribution in [0, 0.1) is 5.95 Å². The largest absolute Gasteiger partial charge is 0.496 e. The average Bonchev–Trinajstić information content (AvgIpc) is 2.45. The predicted molar refractivity (Wildman–Crippen MR) is 73.8 cm³/mol. The van der Waals surface area contributed by atoms with E-state index in [1.54, 1.807) is 19.2 Å². The van der Waals surface area contributed by atoms with Crippen molar-refractivity contribution in [3.8, 4) is 5.75 Å². The summed E-state index contributed by atoms with van der Waals surface area (Å²) in [5.74, 6) is 0.857. The summed E-state index contributed by atoms with van der Waals surface area (Å²) in [4.78, 5) is 3.82. The van der Waals surface area contributed by atoms with Crippen molar-refractivity contribution >= 4 is 5.82 Å². The quantitative estimate of drug-likeness (QED) is 0.830. The molecule has 2 rings (SSSR count). The van der Waals surface area contributed by atoms with E-state index in [4.69, 9.17) is 4.74 Å². The minimum Gasteiger partial charge on any atom is -0.496 e. The molecule has 1 aromatic heterocycles. The number of rotatable bonds is 5. The number of ether oxygens (including phenoxy) is 1. The number of para-hydroxylation sites is 1. The number of nitrogens with zero attached hydrogens (tertiary/aromatic N) is 1. The number of aromatic nitrogens is 1. The second kappa shape index (κ2) is 6.18. The van der Waals surface area contributed by atoms with Gasteiger partial charge < -0.3 is 10.1 Å². The molecular weight excluding hydrogens is 243 g/mol. The Morgan fingerprint density at radius 1 is 1.21 bits per heavy atom. The van der Waals surface area contributed by atoms with E-state index in [0.29, 0.717) is 5.82 Å². The fourth-order valence-electron chi connectivity index (χ4n) is 2.02. The summed E-state index contributed by atoms with van der Waals surface area (Å²) in [6.07, 6.45) is 0.846. The molecule has 0 radical (unpaired) electrons. The van der Waals surface area contributed by atoms with Crippen LogP contribution in [0.15, 0.2) is 42.5 Å². The van der Waals surface area contributed by atoms with Crippen LogP contribution >= 0.6 is 0 Å². The zero-order valence-electron chi connectivity index (χ0n) is 11.1. The second-order valence-corrected chi connectivity index (χ2v) is 4.19. The van der Waals surface area contributed by atoms with Crippen LogP contribution in [0.25, 0.3) is 0 Å². The molecule has 0 saturated carbocycles. The van der Waals surface area contributed by atoms with Gasteiger partial charge in [-0.1, -0.05) is 31.2 Å². The molecule has 1 heterocycles. The van der Waals surface area contributed by atoms with Gasteiger partial charge in [0.05, 0.1) is 13.2 Å². The lowest BCUT2D eigenvalue weighted by Crippen LogP contribution is -2.12. The molecule has 19 heavy (non-hydrogen) atoms. The highest BCUT2D eigenvalue weighted by atomic mass is 19.1.